The Morgan fingerprint density at radius 2 is 1.89 bits per heavy atom. The van der Waals surface area contributed by atoms with Crippen molar-refractivity contribution in [1.29, 1.82) is 0 Å². The van der Waals surface area contributed by atoms with Gasteiger partial charge in [0.15, 0.2) is 0 Å². The number of hydrogen-bond acceptors (Lipinski definition) is 1. The molecule has 1 nitrogen and oxygen atoms in total. The minimum absolute atomic E-state index is 0. The lowest BCUT2D eigenvalue weighted by atomic mass is 9.87. The van der Waals surface area contributed by atoms with Gasteiger partial charge in [-0.05, 0) is 30.2 Å². The molecule has 1 aliphatic rings. The molecule has 3 rings (SSSR count). The normalized spacial score (nSPS) is 18.6. The molecule has 0 aliphatic heterocycles. The van der Waals surface area contributed by atoms with Crippen molar-refractivity contribution in [3.8, 4) is 0 Å². The van der Waals surface area contributed by atoms with Gasteiger partial charge < -0.3 is 5.73 Å². The molecule has 0 fully saturated rings. The number of halogens is 1. The van der Waals surface area contributed by atoms with E-state index in [1.165, 1.54) is 35.6 Å². The maximum Gasteiger partial charge on any atom is 0.0432 e. The molecule has 0 aromatic heterocycles. The molecule has 0 bridgehead atoms. The van der Waals surface area contributed by atoms with Crippen molar-refractivity contribution in [1.82, 2.24) is 0 Å². The molecular weight excluding hydrogens is 242 g/mol. The fourth-order valence-corrected chi connectivity index (χ4v) is 2.71. The monoisotopic (exact) mass is 259 g/mol. The molecule has 0 saturated heterocycles. The summed E-state index contributed by atoms with van der Waals surface area (Å²) in [5.74, 6) is 0.508. The maximum atomic E-state index is 6.32. The Morgan fingerprint density at radius 3 is 2.67 bits per heavy atom. The van der Waals surface area contributed by atoms with Crippen LogP contribution in [0.15, 0.2) is 48.6 Å². The van der Waals surface area contributed by atoms with Crippen LogP contribution < -0.4 is 5.73 Å². The van der Waals surface area contributed by atoms with E-state index in [1.807, 2.05) is 0 Å². The van der Waals surface area contributed by atoms with Gasteiger partial charge in [-0.15, -0.1) is 12.4 Å². The summed E-state index contributed by atoms with van der Waals surface area (Å²) in [6.07, 6.45) is 8.29. The highest BCUT2D eigenvalue weighted by molar-refractivity contribution is 5.94. The minimum atomic E-state index is 0. The second-order valence-electron chi connectivity index (χ2n) is 4.76. The molecular formula is C16H18ClN. The van der Waals surface area contributed by atoms with E-state index >= 15 is 0 Å². The summed E-state index contributed by atoms with van der Waals surface area (Å²) in [5, 5.41) is 2.41. The van der Waals surface area contributed by atoms with Crippen LogP contribution in [0.25, 0.3) is 10.8 Å². The van der Waals surface area contributed by atoms with E-state index in [-0.39, 0.29) is 12.4 Å². The third kappa shape index (κ3) is 2.23. The van der Waals surface area contributed by atoms with Crippen molar-refractivity contribution in [3.05, 3.63) is 54.1 Å². The largest absolute Gasteiger partial charge is 0.398 e. The zero-order chi connectivity index (χ0) is 11.7. The van der Waals surface area contributed by atoms with Gasteiger partial charge in [0.25, 0.3) is 0 Å². The number of fused-ring (bicyclic) bond motifs is 1. The topological polar surface area (TPSA) is 26.0 Å². The summed E-state index contributed by atoms with van der Waals surface area (Å²) in [6.45, 7) is 0. The Labute approximate surface area is 114 Å². The summed E-state index contributed by atoms with van der Waals surface area (Å²) in [4.78, 5) is 0. The van der Waals surface area contributed by atoms with Crippen LogP contribution in [0.1, 0.15) is 30.7 Å². The SMILES string of the molecule is Cl.Nc1c(C2C=CCCC2)ccc2ccccc12. The van der Waals surface area contributed by atoms with Gasteiger partial charge in [0, 0.05) is 17.0 Å². The van der Waals surface area contributed by atoms with E-state index in [9.17, 15) is 0 Å². The van der Waals surface area contributed by atoms with Crippen LogP contribution in [0.4, 0.5) is 5.69 Å². The first-order valence-corrected chi connectivity index (χ1v) is 6.30. The fourth-order valence-electron chi connectivity index (χ4n) is 2.71. The van der Waals surface area contributed by atoms with Crippen LogP contribution >= 0.6 is 12.4 Å². The predicted octanol–water partition coefficient (Wildman–Crippen LogP) is 4.67. The number of benzene rings is 2. The van der Waals surface area contributed by atoms with Gasteiger partial charge in [0.1, 0.15) is 0 Å². The Morgan fingerprint density at radius 1 is 1.06 bits per heavy atom. The van der Waals surface area contributed by atoms with Gasteiger partial charge in [-0.3, -0.25) is 0 Å². The molecule has 0 spiro atoms. The summed E-state index contributed by atoms with van der Waals surface area (Å²) in [7, 11) is 0. The standard InChI is InChI=1S/C16H17N.ClH/c17-16-14-9-5-4-8-13(14)10-11-15(16)12-6-2-1-3-7-12;/h2,4-6,8-12H,1,3,7,17H2;1H. The lowest BCUT2D eigenvalue weighted by Gasteiger charge is -2.19. The Balaban J connectivity index is 0.00000120. The highest BCUT2D eigenvalue weighted by Gasteiger charge is 2.14. The highest BCUT2D eigenvalue weighted by atomic mass is 35.5. The van der Waals surface area contributed by atoms with E-state index in [0.717, 1.165) is 5.69 Å². The highest BCUT2D eigenvalue weighted by Crippen LogP contribution is 2.35. The lowest BCUT2D eigenvalue weighted by Crippen LogP contribution is -2.03. The molecule has 2 aromatic carbocycles. The van der Waals surface area contributed by atoms with Crippen molar-refractivity contribution in [2.24, 2.45) is 0 Å². The summed E-state index contributed by atoms with van der Waals surface area (Å²) in [6, 6.07) is 12.7. The zero-order valence-corrected chi connectivity index (χ0v) is 11.1. The number of anilines is 1. The molecule has 0 heterocycles. The Hall–Kier alpha value is -1.47. The average molecular weight is 260 g/mol. The average Bonchev–Trinajstić information content (AvgIpc) is 2.40. The summed E-state index contributed by atoms with van der Waals surface area (Å²) in [5.41, 5.74) is 8.57. The fraction of sp³-hybridized carbons (Fsp3) is 0.250. The first-order chi connectivity index (χ1) is 8.36. The number of rotatable bonds is 1. The second-order valence-corrected chi connectivity index (χ2v) is 4.76. The van der Waals surface area contributed by atoms with E-state index < -0.39 is 0 Å². The van der Waals surface area contributed by atoms with Crippen molar-refractivity contribution >= 4 is 28.9 Å². The number of hydrogen-bond donors (Lipinski definition) is 1. The van der Waals surface area contributed by atoms with Crippen LogP contribution in [0, 0.1) is 0 Å². The van der Waals surface area contributed by atoms with E-state index in [4.69, 9.17) is 5.73 Å². The molecule has 1 atom stereocenters. The Kier molecular flexibility index (Phi) is 3.93. The summed E-state index contributed by atoms with van der Waals surface area (Å²) >= 11 is 0. The first kappa shape index (κ1) is 13.0. The second kappa shape index (κ2) is 5.45. The molecule has 0 saturated carbocycles. The molecule has 0 amide bonds. The molecule has 0 radical (unpaired) electrons. The number of allylic oxidation sites excluding steroid dienone is 2. The quantitative estimate of drug-likeness (QED) is 0.585. The maximum absolute atomic E-state index is 6.32. The molecule has 2 heteroatoms. The van der Waals surface area contributed by atoms with Crippen molar-refractivity contribution < 1.29 is 0 Å². The molecule has 1 unspecified atom stereocenters. The van der Waals surface area contributed by atoms with Crippen LogP contribution in [0.5, 0.6) is 0 Å². The third-order valence-corrected chi connectivity index (χ3v) is 3.66. The predicted molar refractivity (Wildman–Crippen MR) is 81.3 cm³/mol. The van der Waals surface area contributed by atoms with Crippen LogP contribution in [0.3, 0.4) is 0 Å². The lowest BCUT2D eigenvalue weighted by molar-refractivity contribution is 0.656. The van der Waals surface area contributed by atoms with Crippen molar-refractivity contribution in [2.45, 2.75) is 25.2 Å². The van der Waals surface area contributed by atoms with Crippen molar-refractivity contribution in [2.75, 3.05) is 5.73 Å². The van der Waals surface area contributed by atoms with E-state index in [1.54, 1.807) is 0 Å². The van der Waals surface area contributed by atoms with Gasteiger partial charge in [-0.25, -0.2) is 0 Å². The van der Waals surface area contributed by atoms with Gasteiger partial charge in [0.05, 0.1) is 0 Å². The smallest absolute Gasteiger partial charge is 0.0432 e. The molecule has 94 valence electrons. The number of nitrogen functional groups attached to an aromatic ring is 1. The van der Waals surface area contributed by atoms with Crippen LogP contribution in [-0.2, 0) is 0 Å². The van der Waals surface area contributed by atoms with Crippen LogP contribution in [0.2, 0.25) is 0 Å². The van der Waals surface area contributed by atoms with E-state index in [2.05, 4.69) is 48.6 Å². The number of nitrogens with two attached hydrogens (primary N) is 1. The molecule has 18 heavy (non-hydrogen) atoms. The Bertz CT molecular complexity index is 574. The molecule has 1 aliphatic carbocycles. The van der Waals surface area contributed by atoms with Gasteiger partial charge in [-0.1, -0.05) is 48.6 Å². The van der Waals surface area contributed by atoms with Gasteiger partial charge in [0.2, 0.25) is 0 Å². The minimum Gasteiger partial charge on any atom is -0.398 e. The molecule has 2 aromatic rings. The zero-order valence-electron chi connectivity index (χ0n) is 10.3. The van der Waals surface area contributed by atoms with Crippen LogP contribution in [-0.4, -0.2) is 0 Å². The first-order valence-electron chi connectivity index (χ1n) is 6.30. The third-order valence-electron chi connectivity index (χ3n) is 3.66. The van der Waals surface area contributed by atoms with Crippen molar-refractivity contribution in [3.63, 3.8) is 0 Å². The summed E-state index contributed by atoms with van der Waals surface area (Å²) < 4.78 is 0. The van der Waals surface area contributed by atoms with E-state index in [0.29, 0.717) is 5.92 Å². The van der Waals surface area contributed by atoms with Gasteiger partial charge in [-0.2, -0.15) is 0 Å². The van der Waals surface area contributed by atoms with Gasteiger partial charge >= 0.3 is 0 Å². The molecule has 2 N–H and O–H groups in total.